The molecular formula is C19H33IN4. The van der Waals surface area contributed by atoms with Crippen molar-refractivity contribution >= 4 is 29.9 Å². The summed E-state index contributed by atoms with van der Waals surface area (Å²) in [6.45, 7) is 9.43. The highest BCUT2D eigenvalue weighted by Crippen LogP contribution is 2.28. The van der Waals surface area contributed by atoms with Crippen molar-refractivity contribution in [1.29, 1.82) is 0 Å². The molecule has 0 aromatic heterocycles. The predicted octanol–water partition coefficient (Wildman–Crippen LogP) is 3.48. The van der Waals surface area contributed by atoms with Gasteiger partial charge >= 0.3 is 0 Å². The van der Waals surface area contributed by atoms with E-state index in [0.717, 1.165) is 37.9 Å². The summed E-state index contributed by atoms with van der Waals surface area (Å²) in [4.78, 5) is 7.12. The van der Waals surface area contributed by atoms with Crippen LogP contribution in [0.3, 0.4) is 0 Å². The predicted molar refractivity (Wildman–Crippen MR) is 114 cm³/mol. The van der Waals surface area contributed by atoms with E-state index in [0.29, 0.717) is 12.1 Å². The maximum absolute atomic E-state index is 4.73. The fraction of sp³-hybridized carbons (Fsp3) is 0.632. The molecule has 0 aliphatic heterocycles. The van der Waals surface area contributed by atoms with E-state index in [4.69, 9.17) is 4.99 Å². The minimum atomic E-state index is 0. The summed E-state index contributed by atoms with van der Waals surface area (Å²) in [5.74, 6) is 1.76. The summed E-state index contributed by atoms with van der Waals surface area (Å²) in [5.41, 5.74) is 1.36. The van der Waals surface area contributed by atoms with E-state index in [-0.39, 0.29) is 24.0 Å². The Labute approximate surface area is 164 Å². The molecule has 5 heteroatoms. The van der Waals surface area contributed by atoms with Crippen LogP contribution in [0.5, 0.6) is 0 Å². The number of nitrogens with one attached hydrogen (secondary N) is 2. The molecule has 0 bridgehead atoms. The second-order valence-electron chi connectivity index (χ2n) is 6.76. The minimum absolute atomic E-state index is 0. The molecule has 0 radical (unpaired) electrons. The highest BCUT2D eigenvalue weighted by atomic mass is 127. The van der Waals surface area contributed by atoms with Crippen LogP contribution in [0.25, 0.3) is 0 Å². The molecule has 3 atom stereocenters. The minimum Gasteiger partial charge on any atom is -0.357 e. The second kappa shape index (κ2) is 10.9. The molecule has 1 fully saturated rings. The van der Waals surface area contributed by atoms with Crippen LogP contribution >= 0.6 is 24.0 Å². The molecule has 1 aliphatic carbocycles. The monoisotopic (exact) mass is 444 g/mol. The van der Waals surface area contributed by atoms with Gasteiger partial charge in [-0.1, -0.05) is 37.3 Å². The smallest absolute Gasteiger partial charge is 0.191 e. The molecule has 4 nitrogen and oxygen atoms in total. The van der Waals surface area contributed by atoms with E-state index in [1.165, 1.54) is 12.0 Å². The van der Waals surface area contributed by atoms with Crippen LogP contribution in [0.15, 0.2) is 35.3 Å². The standard InChI is InChI=1S/C19H32N4.HI/c1-5-20-19(22-18-13-15(18)2)21-12-11-16(3)23(4)14-17-9-7-6-8-10-17;/h6-10,15-16,18H,5,11-14H2,1-4H3,(H2,20,21,22);1H. The lowest BCUT2D eigenvalue weighted by molar-refractivity contribution is 0.240. The van der Waals surface area contributed by atoms with E-state index in [1.54, 1.807) is 0 Å². The molecule has 1 aromatic rings. The highest BCUT2D eigenvalue weighted by molar-refractivity contribution is 14.0. The van der Waals surface area contributed by atoms with Gasteiger partial charge in [-0.2, -0.15) is 0 Å². The molecule has 1 aliphatic rings. The van der Waals surface area contributed by atoms with Crippen LogP contribution < -0.4 is 10.6 Å². The lowest BCUT2D eigenvalue weighted by atomic mass is 10.1. The van der Waals surface area contributed by atoms with Crippen LogP contribution in [0.1, 0.15) is 39.2 Å². The Morgan fingerprint density at radius 2 is 2.00 bits per heavy atom. The van der Waals surface area contributed by atoms with Gasteiger partial charge in [0.05, 0.1) is 0 Å². The lowest BCUT2D eigenvalue weighted by Gasteiger charge is -2.24. The fourth-order valence-corrected chi connectivity index (χ4v) is 2.63. The summed E-state index contributed by atoms with van der Waals surface area (Å²) in [6.07, 6.45) is 2.33. The highest BCUT2D eigenvalue weighted by Gasteiger charge is 2.33. The van der Waals surface area contributed by atoms with Crippen molar-refractivity contribution in [3.63, 3.8) is 0 Å². The zero-order valence-electron chi connectivity index (χ0n) is 15.5. The third-order valence-electron chi connectivity index (χ3n) is 4.62. The lowest BCUT2D eigenvalue weighted by Crippen LogP contribution is -2.39. The molecule has 0 spiro atoms. The van der Waals surface area contributed by atoms with Crippen LogP contribution in [-0.2, 0) is 6.54 Å². The van der Waals surface area contributed by atoms with Crippen molar-refractivity contribution in [3.8, 4) is 0 Å². The van der Waals surface area contributed by atoms with Gasteiger partial charge in [-0.15, -0.1) is 24.0 Å². The Morgan fingerprint density at radius 3 is 2.58 bits per heavy atom. The summed E-state index contributed by atoms with van der Waals surface area (Å²) in [5, 5.41) is 6.85. The Bertz CT molecular complexity index is 491. The van der Waals surface area contributed by atoms with Crippen molar-refractivity contribution in [2.75, 3.05) is 20.1 Å². The van der Waals surface area contributed by atoms with Crippen LogP contribution in [0.4, 0.5) is 0 Å². The number of hydrogen-bond donors (Lipinski definition) is 2. The van der Waals surface area contributed by atoms with E-state index in [1.807, 2.05) is 0 Å². The van der Waals surface area contributed by atoms with Gasteiger partial charge in [0.15, 0.2) is 5.96 Å². The first-order valence-electron chi connectivity index (χ1n) is 8.89. The van der Waals surface area contributed by atoms with Crippen molar-refractivity contribution < 1.29 is 0 Å². The number of benzene rings is 1. The first-order chi connectivity index (χ1) is 11.1. The van der Waals surface area contributed by atoms with Crippen LogP contribution in [0.2, 0.25) is 0 Å². The topological polar surface area (TPSA) is 39.7 Å². The number of guanidine groups is 1. The van der Waals surface area contributed by atoms with Gasteiger partial charge in [-0.25, -0.2) is 0 Å². The van der Waals surface area contributed by atoms with Crippen molar-refractivity contribution in [2.45, 2.75) is 52.2 Å². The molecule has 1 aromatic carbocycles. The summed E-state index contributed by atoms with van der Waals surface area (Å²) in [6, 6.07) is 11.8. The quantitative estimate of drug-likeness (QED) is 0.367. The third-order valence-corrected chi connectivity index (χ3v) is 4.62. The first kappa shape index (κ1) is 21.2. The van der Waals surface area contributed by atoms with Crippen molar-refractivity contribution in [2.24, 2.45) is 10.9 Å². The van der Waals surface area contributed by atoms with Crippen LogP contribution in [-0.4, -0.2) is 43.1 Å². The molecule has 3 unspecified atom stereocenters. The zero-order chi connectivity index (χ0) is 16.7. The van der Waals surface area contributed by atoms with E-state index in [2.05, 4.69) is 73.7 Å². The summed E-state index contributed by atoms with van der Waals surface area (Å²) in [7, 11) is 2.19. The van der Waals surface area contributed by atoms with E-state index in [9.17, 15) is 0 Å². The maximum atomic E-state index is 4.73. The molecule has 0 amide bonds. The van der Waals surface area contributed by atoms with Gasteiger partial charge in [0.1, 0.15) is 0 Å². The second-order valence-corrected chi connectivity index (χ2v) is 6.76. The number of nitrogens with zero attached hydrogens (tertiary/aromatic N) is 2. The van der Waals surface area contributed by atoms with Gasteiger partial charge in [-0.3, -0.25) is 9.89 Å². The van der Waals surface area contributed by atoms with Gasteiger partial charge in [-0.05, 0) is 45.2 Å². The molecule has 0 saturated heterocycles. The van der Waals surface area contributed by atoms with Gasteiger partial charge < -0.3 is 10.6 Å². The SMILES string of the molecule is CCNC(=NCCC(C)N(C)Cc1ccccc1)NC1CC1C.I. The molecule has 1 saturated carbocycles. The maximum Gasteiger partial charge on any atom is 0.191 e. The first-order valence-corrected chi connectivity index (χ1v) is 8.89. The summed E-state index contributed by atoms with van der Waals surface area (Å²) < 4.78 is 0. The molecular weight excluding hydrogens is 411 g/mol. The average Bonchev–Trinajstić information content (AvgIpc) is 3.23. The number of halogens is 1. The van der Waals surface area contributed by atoms with Gasteiger partial charge in [0, 0.05) is 31.7 Å². The van der Waals surface area contributed by atoms with Gasteiger partial charge in [0.25, 0.3) is 0 Å². The number of aliphatic imine (C=N–C) groups is 1. The molecule has 0 heterocycles. The van der Waals surface area contributed by atoms with Crippen molar-refractivity contribution in [1.82, 2.24) is 15.5 Å². The summed E-state index contributed by atoms with van der Waals surface area (Å²) >= 11 is 0. The zero-order valence-corrected chi connectivity index (χ0v) is 17.8. The fourth-order valence-electron chi connectivity index (χ4n) is 2.63. The number of hydrogen-bond acceptors (Lipinski definition) is 2. The third kappa shape index (κ3) is 7.38. The Kier molecular flexibility index (Phi) is 9.66. The average molecular weight is 444 g/mol. The van der Waals surface area contributed by atoms with E-state index < -0.39 is 0 Å². The Hall–Kier alpha value is -0.820. The molecule has 24 heavy (non-hydrogen) atoms. The molecule has 2 rings (SSSR count). The van der Waals surface area contributed by atoms with Crippen molar-refractivity contribution in [3.05, 3.63) is 35.9 Å². The normalized spacial score (nSPS) is 21.1. The Morgan fingerprint density at radius 1 is 1.33 bits per heavy atom. The molecule has 136 valence electrons. The molecule has 2 N–H and O–H groups in total. The largest absolute Gasteiger partial charge is 0.357 e. The number of rotatable bonds is 8. The van der Waals surface area contributed by atoms with Gasteiger partial charge in [0.2, 0.25) is 0 Å². The van der Waals surface area contributed by atoms with Crippen LogP contribution in [0, 0.1) is 5.92 Å². The van der Waals surface area contributed by atoms with E-state index >= 15 is 0 Å². The Balaban J connectivity index is 0.00000288.